The molecule has 0 aliphatic heterocycles. The maximum absolute atomic E-state index is 12.5. The van der Waals surface area contributed by atoms with Crippen LogP contribution in [0, 0.1) is 0 Å². The normalized spacial score (nSPS) is 12.5. The Balaban J connectivity index is 1.85. The Bertz CT molecular complexity index is 1150. The number of aliphatic hydroxyl groups is 1. The number of H-pyrrole nitrogens is 1. The first kappa shape index (κ1) is 22.6. The molecule has 2 heterocycles. The molecule has 10 nitrogen and oxygen atoms in total. The number of aryl methyl sites for hydroxylation is 2. The monoisotopic (exact) mass is 430 g/mol. The Labute approximate surface area is 180 Å². The lowest BCUT2D eigenvalue weighted by molar-refractivity contribution is 0.0938. The fourth-order valence-corrected chi connectivity index (χ4v) is 3.25. The third kappa shape index (κ3) is 5.33. The standard InChI is InChI=1S/C21H30N6O4/c1-5-14-7-6-8-16(11-14)31-13-15(28)12-27-17-18(26(4)21(30)24-19(17)29)23-20(27)22-9-10-25(2)3/h6-8,11,15,28H,5,9-10,12-13H2,1-4H3,(H,22,23)(H,24,29,30)/t15-/m0/s1. The lowest BCUT2D eigenvalue weighted by atomic mass is 10.2. The molecule has 2 aromatic heterocycles. The van der Waals surface area contributed by atoms with E-state index in [0.717, 1.165) is 18.5 Å². The highest BCUT2D eigenvalue weighted by atomic mass is 16.5. The van der Waals surface area contributed by atoms with E-state index < -0.39 is 17.4 Å². The molecule has 1 aromatic carbocycles. The number of nitrogens with one attached hydrogen (secondary N) is 2. The van der Waals surface area contributed by atoms with Crippen molar-refractivity contribution in [3.8, 4) is 5.75 Å². The predicted octanol–water partition coefficient (Wildman–Crippen LogP) is 0.399. The SMILES string of the molecule is CCc1cccc(OC[C@@H](O)Cn2c(NCCN(C)C)nc3c2c(=O)[nH]c(=O)n3C)c1. The lowest BCUT2D eigenvalue weighted by Gasteiger charge is -2.17. The van der Waals surface area contributed by atoms with Crippen LogP contribution in [0.4, 0.5) is 5.95 Å². The molecule has 0 fully saturated rings. The van der Waals surface area contributed by atoms with Gasteiger partial charge in [0, 0.05) is 20.1 Å². The summed E-state index contributed by atoms with van der Waals surface area (Å²) >= 11 is 0. The minimum Gasteiger partial charge on any atom is -0.491 e. The van der Waals surface area contributed by atoms with Gasteiger partial charge in [-0.25, -0.2) is 4.79 Å². The Morgan fingerprint density at radius 1 is 1.32 bits per heavy atom. The van der Waals surface area contributed by atoms with E-state index >= 15 is 0 Å². The van der Waals surface area contributed by atoms with Crippen LogP contribution in [-0.4, -0.2) is 69.0 Å². The molecule has 0 amide bonds. The second-order valence-electron chi connectivity index (χ2n) is 7.73. The quantitative estimate of drug-likeness (QED) is 0.426. The molecule has 1 atom stereocenters. The molecule has 0 unspecified atom stereocenters. The van der Waals surface area contributed by atoms with Gasteiger partial charge in [0.1, 0.15) is 18.5 Å². The fraction of sp³-hybridized carbons (Fsp3) is 0.476. The molecule has 168 valence electrons. The van der Waals surface area contributed by atoms with Crippen LogP contribution in [0.2, 0.25) is 0 Å². The summed E-state index contributed by atoms with van der Waals surface area (Å²) in [5.74, 6) is 1.09. The predicted molar refractivity (Wildman–Crippen MR) is 120 cm³/mol. The van der Waals surface area contributed by atoms with E-state index in [9.17, 15) is 14.7 Å². The summed E-state index contributed by atoms with van der Waals surface area (Å²) in [6, 6.07) is 7.71. The zero-order valence-electron chi connectivity index (χ0n) is 18.4. The number of hydrogen-bond acceptors (Lipinski definition) is 7. The minimum absolute atomic E-state index is 0.0493. The van der Waals surface area contributed by atoms with Crippen LogP contribution in [0.5, 0.6) is 5.75 Å². The summed E-state index contributed by atoms with van der Waals surface area (Å²) in [4.78, 5) is 33.2. The van der Waals surface area contributed by atoms with Crippen molar-refractivity contribution in [3.63, 3.8) is 0 Å². The smallest absolute Gasteiger partial charge is 0.329 e. The summed E-state index contributed by atoms with van der Waals surface area (Å²) < 4.78 is 8.62. The van der Waals surface area contributed by atoms with E-state index in [2.05, 4.69) is 22.2 Å². The van der Waals surface area contributed by atoms with Gasteiger partial charge in [0.2, 0.25) is 5.95 Å². The topological polar surface area (TPSA) is 117 Å². The van der Waals surface area contributed by atoms with Gasteiger partial charge in [0.25, 0.3) is 5.56 Å². The average molecular weight is 431 g/mol. The summed E-state index contributed by atoms with van der Waals surface area (Å²) in [5, 5.41) is 13.8. The Kier molecular flexibility index (Phi) is 7.13. The molecule has 3 N–H and O–H groups in total. The van der Waals surface area contributed by atoms with Crippen molar-refractivity contribution in [1.82, 2.24) is 24.0 Å². The summed E-state index contributed by atoms with van der Waals surface area (Å²) in [7, 11) is 5.45. The number of imidazole rings is 1. The number of anilines is 1. The molecule has 10 heteroatoms. The third-order valence-corrected chi connectivity index (χ3v) is 4.99. The number of aliphatic hydroxyl groups excluding tert-OH is 1. The Hall–Kier alpha value is -3.11. The van der Waals surface area contributed by atoms with Gasteiger partial charge in [0.05, 0.1) is 6.54 Å². The van der Waals surface area contributed by atoms with Crippen LogP contribution in [0.25, 0.3) is 11.2 Å². The van der Waals surface area contributed by atoms with Gasteiger partial charge >= 0.3 is 5.69 Å². The Morgan fingerprint density at radius 3 is 2.81 bits per heavy atom. The summed E-state index contributed by atoms with van der Waals surface area (Å²) in [5.41, 5.74) is 0.537. The number of likely N-dealkylation sites (N-methyl/N-ethyl adjacent to an activating group) is 1. The van der Waals surface area contributed by atoms with E-state index in [1.165, 1.54) is 4.57 Å². The summed E-state index contributed by atoms with van der Waals surface area (Å²) in [6.07, 6.45) is -0.00160. The highest BCUT2D eigenvalue weighted by Crippen LogP contribution is 2.17. The fourth-order valence-electron chi connectivity index (χ4n) is 3.25. The zero-order valence-corrected chi connectivity index (χ0v) is 18.4. The maximum Gasteiger partial charge on any atom is 0.329 e. The largest absolute Gasteiger partial charge is 0.491 e. The molecule has 0 aliphatic carbocycles. The van der Waals surface area contributed by atoms with E-state index in [0.29, 0.717) is 18.2 Å². The molecular formula is C21H30N6O4. The molecule has 0 radical (unpaired) electrons. The van der Waals surface area contributed by atoms with Crippen molar-refractivity contribution < 1.29 is 9.84 Å². The number of fused-ring (bicyclic) bond motifs is 1. The maximum atomic E-state index is 12.5. The first-order chi connectivity index (χ1) is 14.8. The molecule has 0 saturated carbocycles. The third-order valence-electron chi connectivity index (χ3n) is 4.99. The second-order valence-corrected chi connectivity index (χ2v) is 7.73. The molecular weight excluding hydrogens is 400 g/mol. The van der Waals surface area contributed by atoms with Crippen molar-refractivity contribution in [3.05, 3.63) is 50.7 Å². The van der Waals surface area contributed by atoms with Crippen molar-refractivity contribution >= 4 is 17.1 Å². The van der Waals surface area contributed by atoms with Crippen LogP contribution in [0.15, 0.2) is 33.9 Å². The first-order valence-electron chi connectivity index (χ1n) is 10.3. The molecule has 3 aromatic rings. The van der Waals surface area contributed by atoms with E-state index in [4.69, 9.17) is 4.74 Å². The molecule has 3 rings (SSSR count). The number of aromatic amines is 1. The van der Waals surface area contributed by atoms with Crippen molar-refractivity contribution in [2.24, 2.45) is 7.05 Å². The van der Waals surface area contributed by atoms with E-state index in [1.54, 1.807) is 11.6 Å². The molecule has 0 bridgehead atoms. The molecule has 0 aliphatic rings. The number of rotatable bonds is 10. The van der Waals surface area contributed by atoms with Crippen molar-refractivity contribution in [1.29, 1.82) is 0 Å². The van der Waals surface area contributed by atoms with Gasteiger partial charge in [0.15, 0.2) is 11.2 Å². The molecule has 0 spiro atoms. The number of aromatic nitrogens is 4. The Morgan fingerprint density at radius 2 is 2.10 bits per heavy atom. The number of benzene rings is 1. The van der Waals surface area contributed by atoms with Crippen LogP contribution >= 0.6 is 0 Å². The molecule has 0 saturated heterocycles. The van der Waals surface area contributed by atoms with Crippen LogP contribution in [-0.2, 0) is 20.0 Å². The van der Waals surface area contributed by atoms with Gasteiger partial charge in [-0.05, 0) is 38.2 Å². The number of nitrogens with zero attached hydrogens (tertiary/aromatic N) is 4. The van der Waals surface area contributed by atoms with E-state index in [-0.39, 0.29) is 24.3 Å². The van der Waals surface area contributed by atoms with Crippen molar-refractivity contribution in [2.75, 3.05) is 39.1 Å². The van der Waals surface area contributed by atoms with Crippen LogP contribution in [0.3, 0.4) is 0 Å². The number of ether oxygens (including phenoxy) is 1. The highest BCUT2D eigenvalue weighted by molar-refractivity contribution is 5.74. The van der Waals surface area contributed by atoms with Gasteiger partial charge in [-0.2, -0.15) is 4.98 Å². The molecule has 31 heavy (non-hydrogen) atoms. The van der Waals surface area contributed by atoms with Gasteiger partial charge in [-0.15, -0.1) is 0 Å². The van der Waals surface area contributed by atoms with Gasteiger partial charge in [-0.3, -0.25) is 14.3 Å². The second kappa shape index (κ2) is 9.80. The summed E-state index contributed by atoms with van der Waals surface area (Å²) in [6.45, 7) is 3.52. The first-order valence-corrected chi connectivity index (χ1v) is 10.3. The number of hydrogen-bond donors (Lipinski definition) is 3. The highest BCUT2D eigenvalue weighted by Gasteiger charge is 2.20. The van der Waals surface area contributed by atoms with Crippen LogP contribution < -0.4 is 21.3 Å². The lowest BCUT2D eigenvalue weighted by Crippen LogP contribution is -2.31. The average Bonchev–Trinajstić information content (AvgIpc) is 3.09. The van der Waals surface area contributed by atoms with Crippen molar-refractivity contribution in [2.45, 2.75) is 26.0 Å². The van der Waals surface area contributed by atoms with Gasteiger partial charge in [-0.1, -0.05) is 19.1 Å². The zero-order chi connectivity index (χ0) is 22.5. The van der Waals surface area contributed by atoms with Crippen LogP contribution in [0.1, 0.15) is 12.5 Å². The van der Waals surface area contributed by atoms with Gasteiger partial charge < -0.3 is 24.6 Å². The van der Waals surface area contributed by atoms with E-state index in [1.807, 2.05) is 43.3 Å². The minimum atomic E-state index is -0.895.